The maximum absolute atomic E-state index is 12.6. The number of ether oxygens (including phenoxy) is 1. The number of rotatable bonds is 6. The number of carbonyl (C=O) groups excluding carboxylic acids is 3. The number of allylic oxidation sites excluding steroid dienone is 1. The van der Waals surface area contributed by atoms with Crippen molar-refractivity contribution in [2.45, 2.75) is 6.92 Å². The lowest BCUT2D eigenvalue weighted by molar-refractivity contribution is -0.129. The van der Waals surface area contributed by atoms with Crippen molar-refractivity contribution < 1.29 is 19.1 Å². The predicted octanol–water partition coefficient (Wildman–Crippen LogP) is 3.24. The summed E-state index contributed by atoms with van der Waals surface area (Å²) in [6, 6.07) is 14.2. The number of hydrogen-bond donors (Lipinski definition) is 1. The van der Waals surface area contributed by atoms with Crippen molar-refractivity contribution in [2.24, 2.45) is 0 Å². The normalized spacial score (nSPS) is 15.0. The average Bonchev–Trinajstić information content (AvgIpc) is 3.01. The van der Waals surface area contributed by atoms with E-state index in [1.165, 1.54) is 22.7 Å². The second kappa shape index (κ2) is 8.75. The van der Waals surface area contributed by atoms with Gasteiger partial charge in [-0.2, -0.15) is 0 Å². The van der Waals surface area contributed by atoms with Gasteiger partial charge in [-0.15, -0.1) is 0 Å². The predicted molar refractivity (Wildman–Crippen MR) is 109 cm³/mol. The van der Waals surface area contributed by atoms with Crippen LogP contribution in [0.3, 0.4) is 0 Å². The van der Waals surface area contributed by atoms with Crippen LogP contribution in [0, 0.1) is 6.92 Å². The zero-order valence-corrected chi connectivity index (χ0v) is 16.4. The van der Waals surface area contributed by atoms with Gasteiger partial charge in [-0.1, -0.05) is 42.1 Å². The van der Waals surface area contributed by atoms with E-state index in [0.717, 1.165) is 5.56 Å². The minimum absolute atomic E-state index is 0.157. The summed E-state index contributed by atoms with van der Waals surface area (Å²) in [6.07, 6.45) is 1.43. The molecule has 1 aliphatic heterocycles. The van der Waals surface area contributed by atoms with E-state index in [2.05, 4.69) is 5.32 Å². The van der Waals surface area contributed by atoms with Crippen LogP contribution in [0.15, 0.2) is 59.6 Å². The summed E-state index contributed by atoms with van der Waals surface area (Å²) >= 11 is 1.26. The number of amides is 2. The van der Waals surface area contributed by atoms with Crippen LogP contribution in [0.1, 0.15) is 15.9 Å². The van der Waals surface area contributed by atoms with Crippen LogP contribution in [-0.2, 0) is 9.59 Å². The zero-order chi connectivity index (χ0) is 20.1. The van der Waals surface area contributed by atoms with Crippen LogP contribution in [-0.4, -0.2) is 41.9 Å². The Morgan fingerprint density at radius 1 is 1.21 bits per heavy atom. The molecule has 1 heterocycles. The van der Waals surface area contributed by atoms with Gasteiger partial charge in [-0.25, -0.2) is 0 Å². The Kier molecular flexibility index (Phi) is 6.16. The van der Waals surface area contributed by atoms with E-state index >= 15 is 0 Å². The first kappa shape index (κ1) is 19.7. The summed E-state index contributed by atoms with van der Waals surface area (Å²) in [7, 11) is 1.55. The van der Waals surface area contributed by atoms with Crippen molar-refractivity contribution in [1.29, 1.82) is 0 Å². The summed E-state index contributed by atoms with van der Waals surface area (Å²) in [6.45, 7) is 1.70. The summed E-state index contributed by atoms with van der Waals surface area (Å²) in [5.74, 6) is 0.0933. The van der Waals surface area contributed by atoms with Gasteiger partial charge < -0.3 is 10.1 Å². The second-order valence-electron chi connectivity index (χ2n) is 6.21. The van der Waals surface area contributed by atoms with Crippen molar-refractivity contribution in [3.63, 3.8) is 0 Å². The van der Waals surface area contributed by atoms with Gasteiger partial charge in [0.1, 0.15) is 12.3 Å². The zero-order valence-electron chi connectivity index (χ0n) is 15.6. The highest BCUT2D eigenvalue weighted by Gasteiger charge is 2.29. The van der Waals surface area contributed by atoms with Crippen molar-refractivity contribution in [2.75, 3.05) is 24.7 Å². The molecule has 1 saturated heterocycles. The molecule has 7 heteroatoms. The Balaban J connectivity index is 1.72. The molecular weight excluding hydrogens is 376 g/mol. The number of nitrogens with one attached hydrogen (secondary N) is 1. The molecule has 6 nitrogen and oxygen atoms in total. The van der Waals surface area contributed by atoms with Crippen molar-refractivity contribution in [1.82, 2.24) is 4.90 Å². The molecule has 3 rings (SSSR count). The molecule has 0 spiro atoms. The summed E-state index contributed by atoms with van der Waals surface area (Å²) in [4.78, 5) is 38.5. The molecule has 1 N–H and O–H groups in total. The van der Waals surface area contributed by atoms with Gasteiger partial charge >= 0.3 is 0 Å². The van der Waals surface area contributed by atoms with E-state index in [0.29, 0.717) is 22.0 Å². The third-order valence-electron chi connectivity index (χ3n) is 4.23. The quantitative estimate of drug-likeness (QED) is 0.599. The van der Waals surface area contributed by atoms with Gasteiger partial charge in [0, 0.05) is 23.4 Å². The number of anilines is 1. The highest BCUT2D eigenvalue weighted by atomic mass is 32.2. The Bertz CT molecular complexity index is 955. The van der Waals surface area contributed by atoms with Crippen LogP contribution in [0.2, 0.25) is 0 Å². The van der Waals surface area contributed by atoms with Gasteiger partial charge in [0.05, 0.1) is 17.9 Å². The molecule has 144 valence electrons. The average molecular weight is 396 g/mol. The lowest BCUT2D eigenvalue weighted by Gasteiger charge is -2.17. The Morgan fingerprint density at radius 3 is 2.75 bits per heavy atom. The molecule has 0 aliphatic carbocycles. The molecular formula is C21H20N2O4S. The van der Waals surface area contributed by atoms with E-state index < -0.39 is 0 Å². The molecule has 0 saturated carbocycles. The number of carbonyl (C=O) groups is 3. The number of thioether (sulfide) groups is 1. The van der Waals surface area contributed by atoms with E-state index in [4.69, 9.17) is 4.74 Å². The lowest BCUT2D eigenvalue weighted by atomic mass is 10.1. The molecule has 0 radical (unpaired) electrons. The minimum Gasteiger partial charge on any atom is -0.497 e. The number of nitrogens with zero attached hydrogens (tertiary/aromatic N) is 1. The summed E-state index contributed by atoms with van der Waals surface area (Å²) in [5, 5.41) is 3.23. The van der Waals surface area contributed by atoms with Gasteiger partial charge in [-0.05, 0) is 24.6 Å². The lowest BCUT2D eigenvalue weighted by Crippen LogP contribution is -2.34. The van der Waals surface area contributed by atoms with E-state index in [9.17, 15) is 14.4 Å². The fourth-order valence-electron chi connectivity index (χ4n) is 2.78. The maximum Gasteiger partial charge on any atom is 0.244 e. The number of benzene rings is 2. The molecule has 0 unspecified atom stereocenters. The second-order valence-corrected chi connectivity index (χ2v) is 7.21. The highest BCUT2D eigenvalue weighted by molar-refractivity contribution is 8.04. The Labute approximate surface area is 167 Å². The van der Waals surface area contributed by atoms with Crippen LogP contribution in [0.5, 0.6) is 5.75 Å². The maximum atomic E-state index is 12.6. The van der Waals surface area contributed by atoms with Crippen molar-refractivity contribution >= 4 is 35.0 Å². The summed E-state index contributed by atoms with van der Waals surface area (Å²) in [5.41, 5.74) is 2.02. The SMILES string of the molecule is COc1cccc(NC(=O)CN2C(=O)CS/C2=C\C(=O)c2ccccc2C)c1. The van der Waals surface area contributed by atoms with Crippen molar-refractivity contribution in [3.05, 3.63) is 70.8 Å². The highest BCUT2D eigenvalue weighted by Crippen LogP contribution is 2.29. The van der Waals surface area contributed by atoms with Gasteiger partial charge in [0.2, 0.25) is 11.8 Å². The molecule has 0 aromatic heterocycles. The first-order chi connectivity index (χ1) is 13.5. The molecule has 2 amide bonds. The minimum atomic E-state index is -0.349. The first-order valence-electron chi connectivity index (χ1n) is 8.66. The van der Waals surface area contributed by atoms with Gasteiger partial charge in [0.25, 0.3) is 0 Å². The molecule has 28 heavy (non-hydrogen) atoms. The van der Waals surface area contributed by atoms with E-state index in [1.54, 1.807) is 43.5 Å². The van der Waals surface area contributed by atoms with Crippen molar-refractivity contribution in [3.8, 4) is 5.75 Å². The number of hydrogen-bond acceptors (Lipinski definition) is 5. The Morgan fingerprint density at radius 2 is 2.00 bits per heavy atom. The van der Waals surface area contributed by atoms with Crippen LogP contribution in [0.25, 0.3) is 0 Å². The van der Waals surface area contributed by atoms with Gasteiger partial charge in [-0.3, -0.25) is 19.3 Å². The number of aryl methyl sites for hydroxylation is 1. The first-order valence-corrected chi connectivity index (χ1v) is 9.65. The third kappa shape index (κ3) is 4.61. The smallest absolute Gasteiger partial charge is 0.244 e. The van der Waals surface area contributed by atoms with Crippen LogP contribution in [0.4, 0.5) is 5.69 Å². The topological polar surface area (TPSA) is 75.7 Å². The fraction of sp³-hybridized carbons (Fsp3) is 0.190. The Hall–Kier alpha value is -3.06. The number of methoxy groups -OCH3 is 1. The number of ketones is 1. The van der Waals surface area contributed by atoms with E-state index in [1.807, 2.05) is 19.1 Å². The monoisotopic (exact) mass is 396 g/mol. The van der Waals surface area contributed by atoms with Gasteiger partial charge in [0.15, 0.2) is 5.78 Å². The standard InChI is InChI=1S/C21H20N2O4S/c1-14-6-3-4-9-17(14)18(24)11-21-23(20(26)13-28-21)12-19(25)22-15-7-5-8-16(10-15)27-2/h3-11H,12-13H2,1-2H3,(H,22,25)/b21-11-. The third-order valence-corrected chi connectivity index (χ3v) is 5.26. The van der Waals surface area contributed by atoms with E-state index in [-0.39, 0.29) is 29.9 Å². The molecule has 1 fully saturated rings. The summed E-state index contributed by atoms with van der Waals surface area (Å²) < 4.78 is 5.13. The molecule has 2 aromatic rings. The molecule has 2 aromatic carbocycles. The van der Waals surface area contributed by atoms with Crippen LogP contribution >= 0.6 is 11.8 Å². The molecule has 0 atom stereocenters. The molecule has 0 bridgehead atoms. The largest absolute Gasteiger partial charge is 0.497 e. The van der Waals surface area contributed by atoms with Crippen LogP contribution < -0.4 is 10.1 Å². The molecule has 1 aliphatic rings. The fourth-order valence-corrected chi connectivity index (χ4v) is 3.72.